The molecule has 0 aliphatic heterocycles. The van der Waals surface area contributed by atoms with Gasteiger partial charge in [0.15, 0.2) is 4.96 Å². The van der Waals surface area contributed by atoms with Crippen molar-refractivity contribution in [3.63, 3.8) is 0 Å². The molecule has 0 spiro atoms. The number of imidazole rings is 1. The maximum Gasteiger partial charge on any atom is 0.225 e. The number of nitrogens with zero attached hydrogens (tertiary/aromatic N) is 2. The van der Waals surface area contributed by atoms with E-state index in [1.165, 1.54) is 0 Å². The van der Waals surface area contributed by atoms with E-state index in [0.717, 1.165) is 28.3 Å². The van der Waals surface area contributed by atoms with Crippen LogP contribution in [0.3, 0.4) is 0 Å². The van der Waals surface area contributed by atoms with Crippen molar-refractivity contribution in [2.24, 2.45) is 0 Å². The van der Waals surface area contributed by atoms with Crippen LogP contribution in [0.1, 0.15) is 12.1 Å². The highest BCUT2D eigenvalue weighted by Crippen LogP contribution is 2.23. The molecule has 0 aliphatic carbocycles. The smallest absolute Gasteiger partial charge is 0.225 e. The number of benzene rings is 1. The van der Waals surface area contributed by atoms with E-state index in [9.17, 15) is 4.79 Å². The average Bonchev–Trinajstić information content (AvgIpc) is 3.15. The predicted octanol–water partition coefficient (Wildman–Crippen LogP) is 2.76. The van der Waals surface area contributed by atoms with Gasteiger partial charge in [0.05, 0.1) is 12.1 Å². The van der Waals surface area contributed by atoms with Gasteiger partial charge in [-0.3, -0.25) is 9.20 Å². The van der Waals surface area contributed by atoms with Crippen molar-refractivity contribution in [3.05, 3.63) is 47.6 Å². The van der Waals surface area contributed by atoms with Crippen molar-refractivity contribution < 1.29 is 9.53 Å². The van der Waals surface area contributed by atoms with E-state index in [2.05, 4.69) is 10.3 Å². The number of fused-ring (bicyclic) bond motifs is 1. The van der Waals surface area contributed by atoms with Crippen LogP contribution in [0.5, 0.6) is 0 Å². The minimum atomic E-state index is 0.0239. The highest BCUT2D eigenvalue weighted by Gasteiger charge is 2.12. The lowest BCUT2D eigenvalue weighted by molar-refractivity contribution is -0.120. The summed E-state index contributed by atoms with van der Waals surface area (Å²) in [5.41, 5.74) is 2.97. The van der Waals surface area contributed by atoms with Crippen molar-refractivity contribution in [1.82, 2.24) is 14.7 Å². The first kappa shape index (κ1) is 15.7. The summed E-state index contributed by atoms with van der Waals surface area (Å²) in [6.45, 7) is 1.30. The zero-order valence-electron chi connectivity index (χ0n) is 13.0. The van der Waals surface area contributed by atoms with E-state index >= 15 is 0 Å². The number of hydrogen-bond acceptors (Lipinski definition) is 4. The highest BCUT2D eigenvalue weighted by atomic mass is 32.1. The number of aromatic nitrogens is 2. The monoisotopic (exact) mass is 329 g/mol. The molecule has 120 valence electrons. The van der Waals surface area contributed by atoms with E-state index in [0.29, 0.717) is 19.6 Å². The second-order valence-electron chi connectivity index (χ2n) is 5.24. The Morgan fingerprint density at radius 2 is 2.17 bits per heavy atom. The molecule has 1 amide bonds. The van der Waals surface area contributed by atoms with Crippen LogP contribution in [-0.4, -0.2) is 35.6 Å². The summed E-state index contributed by atoms with van der Waals surface area (Å²) in [6.07, 6.45) is 3.18. The number of carbonyl (C=O) groups excluding carboxylic acids is 1. The maximum absolute atomic E-state index is 12.0. The molecule has 0 unspecified atom stereocenters. The van der Waals surface area contributed by atoms with Gasteiger partial charge in [-0.2, -0.15) is 0 Å². The lowest BCUT2D eigenvalue weighted by atomic mass is 10.2. The molecule has 1 aromatic carbocycles. The first-order chi connectivity index (χ1) is 11.3. The van der Waals surface area contributed by atoms with E-state index in [4.69, 9.17) is 4.74 Å². The fraction of sp³-hybridized carbons (Fsp3) is 0.294. The van der Waals surface area contributed by atoms with Gasteiger partial charge in [-0.1, -0.05) is 30.3 Å². The van der Waals surface area contributed by atoms with Crippen molar-refractivity contribution >= 4 is 22.2 Å². The van der Waals surface area contributed by atoms with E-state index in [1.54, 1.807) is 18.4 Å². The first-order valence-corrected chi connectivity index (χ1v) is 8.42. The molecule has 23 heavy (non-hydrogen) atoms. The van der Waals surface area contributed by atoms with Gasteiger partial charge in [0.25, 0.3) is 0 Å². The van der Waals surface area contributed by atoms with Gasteiger partial charge in [-0.25, -0.2) is 4.98 Å². The number of rotatable bonds is 7. The summed E-state index contributed by atoms with van der Waals surface area (Å²) in [5, 5.41) is 4.90. The molecule has 3 rings (SSSR count). The van der Waals surface area contributed by atoms with Crippen LogP contribution in [0.15, 0.2) is 41.9 Å². The molecule has 2 heterocycles. The molecular weight excluding hydrogens is 310 g/mol. The summed E-state index contributed by atoms with van der Waals surface area (Å²) >= 11 is 1.56. The number of hydrogen-bond donors (Lipinski definition) is 1. The van der Waals surface area contributed by atoms with Gasteiger partial charge >= 0.3 is 0 Å². The summed E-state index contributed by atoms with van der Waals surface area (Å²) in [4.78, 5) is 17.6. The van der Waals surface area contributed by atoms with E-state index < -0.39 is 0 Å². The van der Waals surface area contributed by atoms with Crippen molar-refractivity contribution in [2.75, 3.05) is 20.3 Å². The van der Waals surface area contributed by atoms with Gasteiger partial charge < -0.3 is 10.1 Å². The minimum absolute atomic E-state index is 0.0239. The molecule has 6 heteroatoms. The summed E-state index contributed by atoms with van der Waals surface area (Å²) < 4.78 is 6.97. The number of carbonyl (C=O) groups is 1. The molecule has 5 nitrogen and oxygen atoms in total. The Balaban J connectivity index is 1.70. The van der Waals surface area contributed by atoms with E-state index in [1.807, 2.05) is 46.3 Å². The third-order valence-electron chi connectivity index (χ3n) is 3.54. The van der Waals surface area contributed by atoms with Crippen LogP contribution in [-0.2, 0) is 16.0 Å². The third kappa shape index (κ3) is 3.78. The number of methoxy groups -OCH3 is 1. The predicted molar refractivity (Wildman–Crippen MR) is 91.7 cm³/mol. The van der Waals surface area contributed by atoms with Gasteiger partial charge in [-0.15, -0.1) is 11.3 Å². The van der Waals surface area contributed by atoms with Gasteiger partial charge in [-0.05, 0) is 6.42 Å². The quantitative estimate of drug-likeness (QED) is 0.678. The van der Waals surface area contributed by atoms with E-state index in [-0.39, 0.29) is 5.91 Å². The van der Waals surface area contributed by atoms with Crippen LogP contribution in [0.4, 0.5) is 0 Å². The summed E-state index contributed by atoms with van der Waals surface area (Å²) in [7, 11) is 1.66. The first-order valence-electron chi connectivity index (χ1n) is 7.54. The van der Waals surface area contributed by atoms with Crippen LogP contribution < -0.4 is 5.32 Å². The minimum Gasteiger partial charge on any atom is -0.385 e. The molecule has 0 aliphatic rings. The molecule has 0 bridgehead atoms. The van der Waals surface area contributed by atoms with Crippen molar-refractivity contribution in [3.8, 4) is 11.3 Å². The number of thiazole rings is 1. The highest BCUT2D eigenvalue weighted by molar-refractivity contribution is 7.15. The zero-order valence-corrected chi connectivity index (χ0v) is 13.8. The normalized spacial score (nSPS) is 11.0. The fourth-order valence-corrected chi connectivity index (χ4v) is 3.25. The lowest BCUT2D eigenvalue weighted by Crippen LogP contribution is -2.27. The topological polar surface area (TPSA) is 55.6 Å². The summed E-state index contributed by atoms with van der Waals surface area (Å²) in [5.74, 6) is 0.0239. The van der Waals surface area contributed by atoms with Crippen LogP contribution in [0.2, 0.25) is 0 Å². The van der Waals surface area contributed by atoms with Crippen LogP contribution in [0.25, 0.3) is 16.2 Å². The summed E-state index contributed by atoms with van der Waals surface area (Å²) in [6, 6.07) is 10.1. The molecule has 3 aromatic rings. The van der Waals surface area contributed by atoms with Crippen molar-refractivity contribution in [2.45, 2.75) is 12.8 Å². The lowest BCUT2D eigenvalue weighted by Gasteiger charge is -2.04. The van der Waals surface area contributed by atoms with Crippen LogP contribution in [0, 0.1) is 0 Å². The average molecular weight is 329 g/mol. The Bertz CT molecular complexity index is 780. The molecule has 0 saturated carbocycles. The Morgan fingerprint density at radius 1 is 1.35 bits per heavy atom. The third-order valence-corrected chi connectivity index (χ3v) is 4.43. The van der Waals surface area contributed by atoms with Crippen LogP contribution >= 0.6 is 11.3 Å². The SMILES string of the molecule is COCCCNC(=O)Cc1csc2nc(-c3ccccc3)cn12. The maximum atomic E-state index is 12.0. The Hall–Kier alpha value is -2.18. The van der Waals surface area contributed by atoms with Gasteiger partial charge in [0.2, 0.25) is 5.91 Å². The van der Waals surface area contributed by atoms with Crippen molar-refractivity contribution in [1.29, 1.82) is 0 Å². The molecule has 0 saturated heterocycles. The van der Waals surface area contributed by atoms with Gasteiger partial charge in [0, 0.05) is 43.1 Å². The molecular formula is C17H19N3O2S. The number of amides is 1. The fourth-order valence-electron chi connectivity index (χ4n) is 2.38. The second kappa shape index (κ2) is 7.39. The zero-order chi connectivity index (χ0) is 16.1. The Kier molecular flexibility index (Phi) is 5.05. The molecule has 1 N–H and O–H groups in total. The number of ether oxygens (including phenoxy) is 1. The molecule has 2 aromatic heterocycles. The second-order valence-corrected chi connectivity index (χ2v) is 6.08. The van der Waals surface area contributed by atoms with Gasteiger partial charge in [0.1, 0.15) is 0 Å². The molecule has 0 radical (unpaired) electrons. The molecule has 0 fully saturated rings. The standard InChI is InChI=1S/C17H19N3O2S/c1-22-9-5-8-18-16(21)10-14-12-23-17-19-15(11-20(14)17)13-6-3-2-4-7-13/h2-4,6-7,11-12H,5,8-10H2,1H3,(H,18,21). The largest absolute Gasteiger partial charge is 0.385 e. The number of nitrogens with one attached hydrogen (secondary N) is 1. The Morgan fingerprint density at radius 3 is 2.96 bits per heavy atom. The molecule has 0 atom stereocenters. The Labute approximate surface area is 138 Å².